The molecule has 0 saturated carbocycles. The Labute approximate surface area is 408 Å². The third kappa shape index (κ3) is 6.57. The number of hydrogen-bond acceptors (Lipinski definition) is 10. The minimum absolute atomic E-state index is 0.00372. The normalized spacial score (nSPS) is 18.8. The zero-order valence-corrected chi connectivity index (χ0v) is 44.1. The molecule has 0 bridgehead atoms. The Morgan fingerprint density at radius 3 is 1.08 bits per heavy atom. The van der Waals surface area contributed by atoms with Gasteiger partial charge in [-0.25, -0.2) is 0 Å². The molecule has 1 saturated heterocycles. The van der Waals surface area contributed by atoms with Crippen molar-refractivity contribution in [3.05, 3.63) is 128 Å². The van der Waals surface area contributed by atoms with Crippen molar-refractivity contribution in [1.29, 1.82) is 0 Å². The average molecular weight is 1080 g/mol. The molecule has 0 aliphatic carbocycles. The Morgan fingerprint density at radius 2 is 0.778 bits per heavy atom. The van der Waals surface area contributed by atoms with Crippen molar-refractivity contribution in [3.8, 4) is 40.2 Å². The molecule has 338 valence electrons. The summed E-state index contributed by atoms with van der Waals surface area (Å²) in [6.45, 7) is 17.7. The van der Waals surface area contributed by atoms with Gasteiger partial charge in [-0.3, -0.25) is 0 Å². The Morgan fingerprint density at radius 1 is 0.476 bits per heavy atom. The first kappa shape index (κ1) is 47.7. The van der Waals surface area contributed by atoms with Crippen molar-refractivity contribution in [2.75, 3.05) is 19.6 Å². The van der Waals surface area contributed by atoms with Crippen LogP contribution in [-0.2, 0) is 0 Å². The van der Waals surface area contributed by atoms with E-state index >= 15 is 0 Å². The van der Waals surface area contributed by atoms with Crippen LogP contribution in [0.2, 0.25) is 40.2 Å². The van der Waals surface area contributed by atoms with Crippen LogP contribution in [-0.4, -0.2) is 33.0 Å². The summed E-state index contributed by atoms with van der Waals surface area (Å²) in [4.78, 5) is 0. The van der Waals surface area contributed by atoms with Crippen molar-refractivity contribution >= 4 is 116 Å². The Balaban J connectivity index is 1.50. The van der Waals surface area contributed by atoms with Gasteiger partial charge in [-0.1, -0.05) is 0 Å². The van der Waals surface area contributed by atoms with Gasteiger partial charge >= 0.3 is 412 Å². The molecular formula is C42H42Cl8N3O7P3. The Hall–Kier alpha value is -1.81. The second kappa shape index (κ2) is 16.8. The summed E-state index contributed by atoms with van der Waals surface area (Å²) < 4.78 is 57.4. The van der Waals surface area contributed by atoms with E-state index in [1.165, 1.54) is 0 Å². The van der Waals surface area contributed by atoms with Crippen LogP contribution in [0.15, 0.2) is 54.6 Å². The first-order valence-electron chi connectivity index (χ1n) is 19.7. The van der Waals surface area contributed by atoms with E-state index in [1.54, 1.807) is 0 Å². The summed E-state index contributed by atoms with van der Waals surface area (Å²) in [5.41, 5.74) is 4.98. The van der Waals surface area contributed by atoms with Crippen molar-refractivity contribution < 1.29 is 31.7 Å². The second-order valence-corrected chi connectivity index (χ2v) is 27.0. The van der Waals surface area contributed by atoms with Crippen LogP contribution in [0.3, 0.4) is 0 Å². The minimum atomic E-state index is -5.32. The number of hydrogen-bond donors (Lipinski definition) is 0. The molecule has 8 rings (SSSR count). The fourth-order valence-electron chi connectivity index (χ4n) is 8.43. The van der Waals surface area contributed by atoms with Crippen LogP contribution >= 0.6 is 116 Å². The van der Waals surface area contributed by atoms with E-state index in [9.17, 15) is 0 Å². The summed E-state index contributed by atoms with van der Waals surface area (Å²) in [7, 11) is -13.0. The van der Waals surface area contributed by atoms with E-state index in [0.717, 1.165) is 33.4 Å². The molecule has 3 aliphatic rings. The number of para-hydroxylation sites is 3. The summed E-state index contributed by atoms with van der Waals surface area (Å²) in [6, 6.07) is 17.5. The number of rotatable bonds is 11. The van der Waals surface area contributed by atoms with Crippen LogP contribution in [0.25, 0.3) is 0 Å². The van der Waals surface area contributed by atoms with Gasteiger partial charge < -0.3 is 0 Å². The van der Waals surface area contributed by atoms with Gasteiger partial charge in [0, 0.05) is 0 Å². The van der Waals surface area contributed by atoms with Crippen LogP contribution in [0.4, 0.5) is 0 Å². The Kier molecular flexibility index (Phi) is 12.7. The molecule has 63 heavy (non-hydrogen) atoms. The second-order valence-electron chi connectivity index (χ2n) is 15.1. The standard InChI is InChI=1S/C42H42Cl8N3O7P3/c1-10-51(61(54-36-22(4)16-13-17-23(36)5)55-37-24(6)18-14-19-25(37)7)62(56-39-32(47)28(43)29(44)33(48)40(39)57-62)52(11-2)63(53(62)12-3,58-38-26(8)20-15-21-27(38)9)59-41-34(49)30(45)31(46)35(50)42(41)60-63/h13-21H,10-12H2,1-9H3. The molecule has 0 atom stereocenters. The predicted octanol–water partition coefficient (Wildman–Crippen LogP) is 17.7. The van der Waals surface area contributed by atoms with Gasteiger partial charge in [0.25, 0.3) is 0 Å². The number of benzene rings is 5. The van der Waals surface area contributed by atoms with E-state index in [-0.39, 0.29) is 82.8 Å². The molecule has 0 N–H and O–H groups in total. The number of nitrogens with zero attached hydrogens (tertiary/aromatic N) is 3. The molecule has 0 amide bonds. The number of aryl methyl sites for hydroxylation is 6. The number of halogens is 8. The molecular weight excluding hydrogens is 1040 g/mol. The molecule has 1 fully saturated rings. The van der Waals surface area contributed by atoms with Gasteiger partial charge in [-0.15, -0.1) is 0 Å². The van der Waals surface area contributed by atoms with Gasteiger partial charge in [-0.05, 0) is 0 Å². The molecule has 3 aliphatic heterocycles. The zero-order chi connectivity index (χ0) is 45.8. The molecule has 0 unspecified atom stereocenters. The Bertz CT molecular complexity index is 2540. The van der Waals surface area contributed by atoms with Crippen molar-refractivity contribution in [1.82, 2.24) is 13.3 Å². The molecule has 5 aromatic rings. The summed E-state index contributed by atoms with van der Waals surface area (Å²) in [5, 5.41) is -0.383. The van der Waals surface area contributed by atoms with Gasteiger partial charge in [0.1, 0.15) is 0 Å². The molecule has 2 spiro atoms. The van der Waals surface area contributed by atoms with E-state index in [2.05, 4.69) is 0 Å². The van der Waals surface area contributed by atoms with Crippen LogP contribution in [0.5, 0.6) is 40.2 Å². The first-order chi connectivity index (χ1) is 29.8. The quantitative estimate of drug-likeness (QED) is 0.0725. The van der Waals surface area contributed by atoms with E-state index in [0.29, 0.717) is 17.2 Å². The average Bonchev–Trinajstić information content (AvgIpc) is 3.80. The van der Waals surface area contributed by atoms with Gasteiger partial charge in [0.05, 0.1) is 0 Å². The van der Waals surface area contributed by atoms with E-state index < -0.39 is 23.6 Å². The molecule has 0 aromatic heterocycles. The van der Waals surface area contributed by atoms with Crippen molar-refractivity contribution in [2.24, 2.45) is 0 Å². The zero-order valence-electron chi connectivity index (χ0n) is 35.4. The summed E-state index contributed by atoms with van der Waals surface area (Å²) >= 11 is 55.4. The van der Waals surface area contributed by atoms with Gasteiger partial charge in [-0.2, -0.15) is 0 Å². The fourth-order valence-corrected chi connectivity index (χ4v) is 27.8. The predicted molar refractivity (Wildman–Crippen MR) is 263 cm³/mol. The maximum absolute atomic E-state index is 7.58. The van der Waals surface area contributed by atoms with Crippen molar-refractivity contribution in [2.45, 2.75) is 62.3 Å². The first-order valence-corrected chi connectivity index (χ1v) is 27.7. The molecule has 3 heterocycles. The van der Waals surface area contributed by atoms with E-state index in [4.69, 9.17) is 124 Å². The molecule has 10 nitrogen and oxygen atoms in total. The molecule has 0 radical (unpaired) electrons. The maximum atomic E-state index is 7.58. The topological polar surface area (TPSA) is 74.3 Å². The summed E-state index contributed by atoms with van der Waals surface area (Å²) in [5.74, 6) is 1.65. The monoisotopic (exact) mass is 1070 g/mol. The summed E-state index contributed by atoms with van der Waals surface area (Å²) in [6.07, 6.45) is 0. The third-order valence-electron chi connectivity index (χ3n) is 11.2. The number of fused-ring (bicyclic) bond motifs is 2. The van der Waals surface area contributed by atoms with Gasteiger partial charge in [0.2, 0.25) is 0 Å². The van der Waals surface area contributed by atoms with E-state index in [1.807, 2.05) is 130 Å². The van der Waals surface area contributed by atoms with Crippen LogP contribution in [0.1, 0.15) is 54.2 Å². The van der Waals surface area contributed by atoms with Crippen LogP contribution in [0, 0.1) is 41.5 Å². The molecule has 21 heteroatoms. The fraction of sp³-hybridized carbons (Fsp3) is 0.286. The third-order valence-corrected chi connectivity index (χ3v) is 28.8. The van der Waals surface area contributed by atoms with Crippen LogP contribution < -0.4 is 31.7 Å². The van der Waals surface area contributed by atoms with Gasteiger partial charge in [0.15, 0.2) is 0 Å². The van der Waals surface area contributed by atoms with Crippen molar-refractivity contribution in [3.63, 3.8) is 0 Å². The SMILES string of the molecule is CCN(P(Oc1c(C)cccc1C)Oc1c(C)cccc1C)P12(Oc3c(Cl)c(Cl)c(Cl)c(Cl)c3O1)N(CC)P1(Oc3c(C)cccc3C)(Oc3c(Cl)c(Cl)c(Cl)c(Cl)c3O1)N2CC. The molecule has 5 aromatic carbocycles.